The van der Waals surface area contributed by atoms with Crippen molar-refractivity contribution in [2.24, 2.45) is 11.7 Å². The Bertz CT molecular complexity index is 540. The Morgan fingerprint density at radius 1 is 0.852 bits per heavy atom. The van der Waals surface area contributed by atoms with E-state index in [2.05, 4.69) is 10.6 Å². The van der Waals surface area contributed by atoms with Crippen LogP contribution in [0.25, 0.3) is 0 Å². The second-order valence-electron chi connectivity index (χ2n) is 6.32. The molecule has 0 heterocycles. The Labute approximate surface area is 156 Å². The van der Waals surface area contributed by atoms with Crippen LogP contribution in [0.15, 0.2) is 0 Å². The van der Waals surface area contributed by atoms with E-state index < -0.39 is 67.2 Å². The summed E-state index contributed by atoms with van der Waals surface area (Å²) in [5.74, 6) is -4.49. The van der Waals surface area contributed by atoms with Crippen molar-refractivity contribution < 1.29 is 39.6 Å². The van der Waals surface area contributed by atoms with E-state index in [0.29, 0.717) is 0 Å². The highest BCUT2D eigenvalue weighted by atomic mass is 16.4. The number of hydrogen-bond acceptors (Lipinski definition) is 8. The van der Waals surface area contributed by atoms with E-state index in [4.69, 9.17) is 15.9 Å². The summed E-state index contributed by atoms with van der Waals surface area (Å²) < 4.78 is 0. The molecule has 0 aromatic heterocycles. The summed E-state index contributed by atoms with van der Waals surface area (Å²) in [5.41, 5.74) is 5.67. The van der Waals surface area contributed by atoms with E-state index in [1.807, 2.05) is 5.32 Å². The Balaban J connectivity index is 5.10. The molecule has 0 aromatic carbocycles. The van der Waals surface area contributed by atoms with Gasteiger partial charge in [-0.3, -0.25) is 14.4 Å². The molecule has 5 atom stereocenters. The van der Waals surface area contributed by atoms with Crippen LogP contribution in [0.5, 0.6) is 0 Å². The lowest BCUT2D eigenvalue weighted by Crippen LogP contribution is -2.61. The molecule has 0 saturated heterocycles. The van der Waals surface area contributed by atoms with Gasteiger partial charge in [0, 0.05) is 0 Å². The standard InChI is InChI=1S/C15H28N4O8/c1-6(2)10(16)13(24)19-11(7(3)22)14(25)17-8(4-20)12(23)18-9(5-21)15(26)27/h6-11,20-22H,4-5,16H2,1-3H3,(H,17,25)(H,18,23)(H,19,24)(H,26,27). The number of carboxylic acid groups (broad SMARTS) is 1. The highest BCUT2D eigenvalue weighted by molar-refractivity contribution is 5.94. The molecule has 0 bridgehead atoms. The van der Waals surface area contributed by atoms with Crippen molar-refractivity contribution in [3.05, 3.63) is 0 Å². The Kier molecular flexibility index (Phi) is 10.5. The zero-order valence-electron chi connectivity index (χ0n) is 15.4. The van der Waals surface area contributed by atoms with Crippen LogP contribution >= 0.6 is 0 Å². The van der Waals surface area contributed by atoms with E-state index in [9.17, 15) is 29.4 Å². The predicted molar refractivity (Wildman–Crippen MR) is 92.1 cm³/mol. The number of hydrogen-bond donors (Lipinski definition) is 8. The molecule has 12 heteroatoms. The minimum Gasteiger partial charge on any atom is -0.480 e. The van der Waals surface area contributed by atoms with Gasteiger partial charge in [-0.25, -0.2) is 4.79 Å². The fourth-order valence-electron chi connectivity index (χ4n) is 1.87. The zero-order valence-corrected chi connectivity index (χ0v) is 15.4. The largest absolute Gasteiger partial charge is 0.480 e. The third-order valence-corrected chi connectivity index (χ3v) is 3.70. The molecule has 27 heavy (non-hydrogen) atoms. The molecule has 0 rings (SSSR count). The van der Waals surface area contributed by atoms with E-state index in [0.717, 1.165) is 0 Å². The molecule has 0 spiro atoms. The van der Waals surface area contributed by atoms with Gasteiger partial charge in [0.25, 0.3) is 0 Å². The van der Waals surface area contributed by atoms with Gasteiger partial charge in [0.2, 0.25) is 17.7 Å². The lowest BCUT2D eigenvalue weighted by atomic mass is 10.0. The summed E-state index contributed by atoms with van der Waals surface area (Å²) in [7, 11) is 0. The van der Waals surface area contributed by atoms with Gasteiger partial charge in [-0.05, 0) is 12.8 Å². The molecule has 0 aliphatic heterocycles. The minimum atomic E-state index is -1.63. The third kappa shape index (κ3) is 7.86. The van der Waals surface area contributed by atoms with Crippen LogP contribution in [0.2, 0.25) is 0 Å². The number of amides is 3. The van der Waals surface area contributed by atoms with Crippen molar-refractivity contribution in [1.29, 1.82) is 0 Å². The number of carbonyl (C=O) groups excluding carboxylic acids is 3. The molecule has 0 aliphatic carbocycles. The van der Waals surface area contributed by atoms with Gasteiger partial charge in [0.15, 0.2) is 0 Å². The molecule has 156 valence electrons. The summed E-state index contributed by atoms with van der Waals surface area (Å²) in [5, 5.41) is 43.0. The van der Waals surface area contributed by atoms with Gasteiger partial charge in [-0.2, -0.15) is 0 Å². The first kappa shape index (κ1) is 24.7. The normalized spacial score (nSPS) is 16.6. The van der Waals surface area contributed by atoms with Crippen molar-refractivity contribution in [2.75, 3.05) is 13.2 Å². The highest BCUT2D eigenvalue weighted by Gasteiger charge is 2.32. The molecule has 9 N–H and O–H groups in total. The molecule has 12 nitrogen and oxygen atoms in total. The summed E-state index contributed by atoms with van der Waals surface area (Å²) in [4.78, 5) is 47.1. The van der Waals surface area contributed by atoms with Gasteiger partial charge in [-0.1, -0.05) is 13.8 Å². The lowest BCUT2D eigenvalue weighted by Gasteiger charge is -2.26. The van der Waals surface area contributed by atoms with Crippen LogP contribution in [0, 0.1) is 5.92 Å². The Morgan fingerprint density at radius 2 is 1.33 bits per heavy atom. The van der Waals surface area contributed by atoms with Gasteiger partial charge in [0.1, 0.15) is 18.1 Å². The van der Waals surface area contributed by atoms with Gasteiger partial charge < -0.3 is 42.1 Å². The minimum absolute atomic E-state index is 0.231. The number of carboxylic acids is 1. The van der Waals surface area contributed by atoms with E-state index >= 15 is 0 Å². The number of carbonyl (C=O) groups is 4. The fourth-order valence-corrected chi connectivity index (χ4v) is 1.87. The van der Waals surface area contributed by atoms with Crippen LogP contribution in [-0.2, 0) is 19.2 Å². The SMILES string of the molecule is CC(C)C(N)C(=O)NC(C(=O)NC(CO)C(=O)NC(CO)C(=O)O)C(C)O. The van der Waals surface area contributed by atoms with E-state index in [1.165, 1.54) is 6.92 Å². The predicted octanol–water partition coefficient (Wildman–Crippen LogP) is -4.13. The summed E-state index contributed by atoms with van der Waals surface area (Å²) in [6.07, 6.45) is -1.35. The Hall–Kier alpha value is -2.28. The Morgan fingerprint density at radius 3 is 1.70 bits per heavy atom. The van der Waals surface area contributed by atoms with Gasteiger partial charge >= 0.3 is 5.97 Å². The fraction of sp³-hybridized carbons (Fsp3) is 0.733. The zero-order chi connectivity index (χ0) is 21.3. The molecule has 0 aromatic rings. The van der Waals surface area contributed by atoms with Crippen LogP contribution in [-0.4, -0.2) is 87.6 Å². The van der Waals surface area contributed by atoms with Crippen molar-refractivity contribution >= 4 is 23.7 Å². The van der Waals surface area contributed by atoms with Crippen molar-refractivity contribution in [3.8, 4) is 0 Å². The number of aliphatic hydroxyl groups excluding tert-OH is 3. The molecule has 0 fully saturated rings. The molecular formula is C15H28N4O8. The third-order valence-electron chi connectivity index (χ3n) is 3.70. The van der Waals surface area contributed by atoms with E-state index in [1.54, 1.807) is 13.8 Å². The van der Waals surface area contributed by atoms with Crippen LogP contribution in [0.3, 0.4) is 0 Å². The molecule has 0 radical (unpaired) electrons. The monoisotopic (exact) mass is 392 g/mol. The quantitative estimate of drug-likeness (QED) is 0.171. The summed E-state index contributed by atoms with van der Waals surface area (Å²) >= 11 is 0. The second-order valence-corrected chi connectivity index (χ2v) is 6.32. The van der Waals surface area contributed by atoms with Crippen LogP contribution in [0.1, 0.15) is 20.8 Å². The molecule has 0 aliphatic rings. The average molecular weight is 392 g/mol. The number of rotatable bonds is 11. The maximum Gasteiger partial charge on any atom is 0.328 e. The number of aliphatic hydroxyl groups is 3. The summed E-state index contributed by atoms with van der Waals surface area (Å²) in [6, 6.07) is -5.59. The van der Waals surface area contributed by atoms with Crippen molar-refractivity contribution in [2.45, 2.75) is 51.0 Å². The maximum absolute atomic E-state index is 12.3. The van der Waals surface area contributed by atoms with Gasteiger partial charge in [0.05, 0.1) is 25.4 Å². The smallest absolute Gasteiger partial charge is 0.328 e. The van der Waals surface area contributed by atoms with Crippen LogP contribution in [0.4, 0.5) is 0 Å². The highest BCUT2D eigenvalue weighted by Crippen LogP contribution is 2.01. The molecular weight excluding hydrogens is 364 g/mol. The van der Waals surface area contributed by atoms with Gasteiger partial charge in [-0.15, -0.1) is 0 Å². The number of nitrogens with two attached hydrogens (primary N) is 1. The van der Waals surface area contributed by atoms with Crippen LogP contribution < -0.4 is 21.7 Å². The number of nitrogens with one attached hydrogen (secondary N) is 3. The first-order chi connectivity index (χ1) is 12.5. The van der Waals surface area contributed by atoms with E-state index in [-0.39, 0.29) is 5.92 Å². The first-order valence-corrected chi connectivity index (χ1v) is 8.25. The average Bonchev–Trinajstić information content (AvgIpc) is 2.59. The maximum atomic E-state index is 12.3. The molecule has 5 unspecified atom stereocenters. The second kappa shape index (κ2) is 11.4. The number of aliphatic carboxylic acids is 1. The molecule has 3 amide bonds. The topological polar surface area (TPSA) is 211 Å². The molecule has 0 saturated carbocycles. The lowest BCUT2D eigenvalue weighted by molar-refractivity contribution is -0.143. The first-order valence-electron chi connectivity index (χ1n) is 8.25. The summed E-state index contributed by atoms with van der Waals surface area (Å²) in [6.45, 7) is 2.82. The van der Waals surface area contributed by atoms with Crippen molar-refractivity contribution in [3.63, 3.8) is 0 Å². The van der Waals surface area contributed by atoms with Crippen molar-refractivity contribution in [1.82, 2.24) is 16.0 Å².